The highest BCUT2D eigenvalue weighted by Gasteiger charge is 2.23. The lowest BCUT2D eigenvalue weighted by molar-refractivity contribution is 0.0759. The van der Waals surface area contributed by atoms with Gasteiger partial charge in [-0.1, -0.05) is 89.7 Å². The fourth-order valence-electron chi connectivity index (χ4n) is 9.06. The summed E-state index contributed by atoms with van der Waals surface area (Å²) in [6.45, 7) is 54.5. The molecule has 4 atom stereocenters. The number of likely N-dealkylation sites (tertiary alicyclic amines) is 3. The van der Waals surface area contributed by atoms with E-state index in [2.05, 4.69) is 132 Å². The summed E-state index contributed by atoms with van der Waals surface area (Å²) in [5.74, 6) is 5.38. The van der Waals surface area contributed by atoms with Gasteiger partial charge in [0, 0.05) is 69.6 Å². The normalized spacial score (nSPS) is 22.1. The van der Waals surface area contributed by atoms with Crippen LogP contribution in [0.5, 0.6) is 0 Å². The van der Waals surface area contributed by atoms with Crippen molar-refractivity contribution in [2.24, 2.45) is 41.4 Å². The van der Waals surface area contributed by atoms with Gasteiger partial charge in [-0.2, -0.15) is 0 Å². The summed E-state index contributed by atoms with van der Waals surface area (Å²) in [6, 6.07) is 2.48. The van der Waals surface area contributed by atoms with Gasteiger partial charge in [-0.05, 0) is 179 Å². The third-order valence-corrected chi connectivity index (χ3v) is 14.7. The van der Waals surface area contributed by atoms with E-state index in [0.29, 0.717) is 11.8 Å². The van der Waals surface area contributed by atoms with Crippen LogP contribution < -0.4 is 16.0 Å². The molecule has 2 unspecified atom stereocenters. The first kappa shape index (κ1) is 60.6. The quantitative estimate of drug-likeness (QED) is 0.137. The SMILES string of the molecule is C=C1CN(CC(O)C(C)C)CCN1.CC(C)C(C)N1CCCC1.CC(C)CC1CCNCC1.CC(C)CCN1CCNC1=O.CC(C)[C@@H](C)N1CCCC1.CC(C)[C@H](C)N1CCCC1. The number of rotatable bonds is 14. The Morgan fingerprint density at radius 3 is 1.31 bits per heavy atom. The van der Waals surface area contributed by atoms with Gasteiger partial charge in [-0.15, -0.1) is 0 Å². The minimum Gasteiger partial charge on any atom is -0.392 e. The zero-order valence-electron chi connectivity index (χ0n) is 45.3. The summed E-state index contributed by atoms with van der Waals surface area (Å²) >= 11 is 0. The van der Waals surface area contributed by atoms with Crippen LogP contribution in [0.2, 0.25) is 0 Å². The van der Waals surface area contributed by atoms with E-state index in [0.717, 1.165) is 106 Å². The number of aliphatic hydroxyl groups is 1. The molecule has 6 heterocycles. The molecular weight excluding hydrogens is 793 g/mol. The number of piperidine rings is 1. The molecule has 6 aliphatic heterocycles. The van der Waals surface area contributed by atoms with Gasteiger partial charge in [-0.3, -0.25) is 4.90 Å². The summed E-state index contributed by atoms with van der Waals surface area (Å²) in [5, 5.41) is 19.0. The lowest BCUT2D eigenvalue weighted by Gasteiger charge is -2.31. The Morgan fingerprint density at radius 2 is 0.984 bits per heavy atom. The number of hydrogen-bond donors (Lipinski definition) is 4. The molecule has 10 heteroatoms. The maximum Gasteiger partial charge on any atom is 0.317 e. The third kappa shape index (κ3) is 27.4. The molecule has 0 spiro atoms. The molecular formula is C54H112N8O2. The van der Waals surface area contributed by atoms with Crippen LogP contribution in [-0.4, -0.2) is 158 Å². The number of nitrogens with one attached hydrogen (secondary N) is 3. The van der Waals surface area contributed by atoms with E-state index in [1.165, 1.54) is 110 Å². The lowest BCUT2D eigenvalue weighted by atomic mass is 9.89. The Labute approximate surface area is 399 Å². The van der Waals surface area contributed by atoms with Crippen molar-refractivity contribution in [3.8, 4) is 0 Å². The second-order valence-corrected chi connectivity index (χ2v) is 22.5. The van der Waals surface area contributed by atoms with Gasteiger partial charge in [-0.25, -0.2) is 4.79 Å². The average Bonchev–Trinajstić information content (AvgIpc) is 4.10. The van der Waals surface area contributed by atoms with Crippen molar-refractivity contribution in [2.45, 2.75) is 192 Å². The van der Waals surface area contributed by atoms with Crippen LogP contribution >= 0.6 is 0 Å². The smallest absolute Gasteiger partial charge is 0.317 e. The standard InChI is InChI=1S/C10H20N2O.4C9H19N.C8H16N2O/c1-8(2)10(13)7-12-5-4-11-9(3)6-12;3*1-8(2)9(3)10-6-4-5-7-10;1-8(2)7-9-3-5-10-6-4-9;1-7(2)3-5-10-6-4-9-8(10)11/h8,10-11,13H,3-7H2,1-2H3;3*8-9H,4-7H2,1-3H3;8-10H,3-7H2,1-2H3;7H,3-6H2,1-2H3,(H,9,11)/t;2*9-;;;/m.10.../s1. The highest BCUT2D eigenvalue weighted by Crippen LogP contribution is 2.21. The fraction of sp³-hybridized carbons (Fsp3) is 0.944. The zero-order chi connectivity index (χ0) is 48.2. The number of piperazine rings is 1. The average molecular weight is 906 g/mol. The number of aliphatic hydroxyl groups excluding tert-OH is 1. The summed E-state index contributed by atoms with van der Waals surface area (Å²) in [6.07, 6.45) is 13.6. The summed E-state index contributed by atoms with van der Waals surface area (Å²) in [4.78, 5) is 22.9. The molecule has 6 saturated heterocycles. The second-order valence-electron chi connectivity index (χ2n) is 22.5. The molecule has 0 radical (unpaired) electrons. The van der Waals surface area contributed by atoms with Crippen molar-refractivity contribution in [1.82, 2.24) is 40.4 Å². The Balaban J connectivity index is 0.000000385. The van der Waals surface area contributed by atoms with Gasteiger partial charge in [0.05, 0.1) is 6.10 Å². The summed E-state index contributed by atoms with van der Waals surface area (Å²) < 4.78 is 0. The summed E-state index contributed by atoms with van der Waals surface area (Å²) in [7, 11) is 0. The van der Waals surface area contributed by atoms with Crippen LogP contribution in [-0.2, 0) is 0 Å². The van der Waals surface area contributed by atoms with E-state index >= 15 is 0 Å². The molecule has 0 bridgehead atoms. The molecule has 2 amide bonds. The molecule has 6 rings (SSSR count). The van der Waals surface area contributed by atoms with Gasteiger partial charge >= 0.3 is 6.03 Å². The Hall–Kier alpha value is -1.43. The van der Waals surface area contributed by atoms with Gasteiger partial charge in [0.2, 0.25) is 0 Å². The number of β-amino-alcohol motifs (C(OH)–C–C–N with tert-alkyl or cyclic N) is 1. The molecule has 4 N–H and O–H groups in total. The maximum absolute atomic E-state index is 11.0. The molecule has 380 valence electrons. The van der Waals surface area contributed by atoms with E-state index in [4.69, 9.17) is 0 Å². The minimum absolute atomic E-state index is 0.102. The molecule has 0 aromatic carbocycles. The van der Waals surface area contributed by atoms with Crippen molar-refractivity contribution in [3.05, 3.63) is 12.3 Å². The zero-order valence-corrected chi connectivity index (χ0v) is 45.3. The van der Waals surface area contributed by atoms with E-state index < -0.39 is 0 Å². The van der Waals surface area contributed by atoms with Crippen LogP contribution in [0.15, 0.2) is 12.3 Å². The molecule has 0 saturated carbocycles. The summed E-state index contributed by atoms with van der Waals surface area (Å²) in [5.41, 5.74) is 1.06. The Morgan fingerprint density at radius 1 is 0.562 bits per heavy atom. The van der Waals surface area contributed by atoms with E-state index in [1.807, 2.05) is 18.7 Å². The van der Waals surface area contributed by atoms with Crippen molar-refractivity contribution < 1.29 is 9.90 Å². The van der Waals surface area contributed by atoms with Crippen LogP contribution in [0, 0.1) is 41.4 Å². The number of hydrogen-bond acceptors (Lipinski definition) is 8. The van der Waals surface area contributed by atoms with Gasteiger partial charge in [0.1, 0.15) is 0 Å². The molecule has 6 aliphatic rings. The van der Waals surface area contributed by atoms with Crippen molar-refractivity contribution in [1.29, 1.82) is 0 Å². The second kappa shape index (κ2) is 34.8. The first-order chi connectivity index (χ1) is 30.2. The van der Waals surface area contributed by atoms with E-state index in [1.54, 1.807) is 0 Å². The molecule has 0 aliphatic carbocycles. The fourth-order valence-corrected chi connectivity index (χ4v) is 9.06. The van der Waals surface area contributed by atoms with Crippen LogP contribution in [0.25, 0.3) is 0 Å². The highest BCUT2D eigenvalue weighted by molar-refractivity contribution is 5.76. The van der Waals surface area contributed by atoms with Gasteiger partial charge in [0.15, 0.2) is 0 Å². The van der Waals surface area contributed by atoms with Gasteiger partial charge in [0.25, 0.3) is 0 Å². The third-order valence-electron chi connectivity index (χ3n) is 14.7. The largest absolute Gasteiger partial charge is 0.392 e. The van der Waals surface area contributed by atoms with Crippen molar-refractivity contribution in [2.75, 3.05) is 98.2 Å². The molecule has 0 aromatic rings. The number of amides is 2. The van der Waals surface area contributed by atoms with Crippen LogP contribution in [0.3, 0.4) is 0 Å². The van der Waals surface area contributed by atoms with Gasteiger partial charge < -0.3 is 40.7 Å². The Kier molecular flexibility index (Phi) is 32.9. The van der Waals surface area contributed by atoms with Crippen LogP contribution in [0.1, 0.15) is 168 Å². The minimum atomic E-state index is -0.217. The maximum atomic E-state index is 11.0. The van der Waals surface area contributed by atoms with E-state index in [-0.39, 0.29) is 12.1 Å². The van der Waals surface area contributed by atoms with Crippen LogP contribution in [0.4, 0.5) is 4.79 Å². The monoisotopic (exact) mass is 905 g/mol. The first-order valence-electron chi connectivity index (χ1n) is 27.0. The number of carbonyl (C=O) groups is 1. The number of nitrogens with zero attached hydrogens (tertiary/aromatic N) is 5. The topological polar surface area (TPSA) is 89.6 Å². The lowest BCUT2D eigenvalue weighted by Crippen LogP contribution is -2.45. The molecule has 10 nitrogen and oxygen atoms in total. The van der Waals surface area contributed by atoms with Crippen molar-refractivity contribution >= 4 is 6.03 Å². The predicted octanol–water partition coefficient (Wildman–Crippen LogP) is 9.89. The predicted molar refractivity (Wildman–Crippen MR) is 279 cm³/mol. The highest BCUT2D eigenvalue weighted by atomic mass is 16.3. The number of carbonyl (C=O) groups excluding carboxylic acids is 1. The number of urea groups is 1. The molecule has 64 heavy (non-hydrogen) atoms. The first-order valence-corrected chi connectivity index (χ1v) is 27.0. The molecule has 6 fully saturated rings. The Bertz CT molecular complexity index is 1080. The van der Waals surface area contributed by atoms with Crippen molar-refractivity contribution in [3.63, 3.8) is 0 Å². The van der Waals surface area contributed by atoms with E-state index in [9.17, 15) is 9.90 Å². The molecule has 0 aromatic heterocycles.